The first-order valence-electron chi connectivity index (χ1n) is 5.10. The molecule has 0 radical (unpaired) electrons. The summed E-state index contributed by atoms with van der Waals surface area (Å²) in [5, 5.41) is 10.2. The fourth-order valence-electron chi connectivity index (χ4n) is 1.00. The number of nitrogens with one attached hydrogen (secondary N) is 1. The summed E-state index contributed by atoms with van der Waals surface area (Å²) in [5.41, 5.74) is 7.54. The maximum absolute atomic E-state index is 9.60. The maximum atomic E-state index is 9.60. The lowest BCUT2D eigenvalue weighted by molar-refractivity contribution is -0.138. The van der Waals surface area contributed by atoms with Crippen molar-refractivity contribution in [1.82, 2.24) is 15.4 Å². The molecule has 0 fully saturated rings. The van der Waals surface area contributed by atoms with E-state index in [0.717, 1.165) is 11.0 Å². The predicted molar refractivity (Wildman–Crippen MR) is 65.2 cm³/mol. The molecule has 3 N–H and O–H groups in total. The minimum absolute atomic E-state index is 0.318. The van der Waals surface area contributed by atoms with E-state index in [1.54, 1.807) is 12.1 Å². The minimum atomic E-state index is -0.318. The lowest BCUT2D eigenvalue weighted by atomic mass is 10.2. The van der Waals surface area contributed by atoms with E-state index in [1.807, 2.05) is 26.8 Å². The van der Waals surface area contributed by atoms with Gasteiger partial charge in [0.15, 0.2) is 0 Å². The molecule has 2 aromatic rings. The Kier molecular flexibility index (Phi) is 4.03. The van der Waals surface area contributed by atoms with Gasteiger partial charge >= 0.3 is 0 Å². The standard InChI is InChI=1S/C6H6N4.C5H10O2/c7-4-1-2-5-6(3-4)9-10-8-5;1-5(2,3)7-4-6/h1-3H,7H2,(H,8,9,10);4H,1-3H3. The van der Waals surface area contributed by atoms with E-state index in [9.17, 15) is 4.79 Å². The molecule has 92 valence electrons. The summed E-state index contributed by atoms with van der Waals surface area (Å²) in [7, 11) is 0. The van der Waals surface area contributed by atoms with Gasteiger partial charge in [-0.3, -0.25) is 4.79 Å². The number of hydrogen-bond donors (Lipinski definition) is 2. The Morgan fingerprint density at radius 3 is 2.47 bits per heavy atom. The van der Waals surface area contributed by atoms with Crippen molar-refractivity contribution in [1.29, 1.82) is 0 Å². The highest BCUT2D eigenvalue weighted by atomic mass is 16.5. The molecule has 1 heterocycles. The number of carbonyl (C=O) groups excluding carboxylic acids is 1. The molecule has 0 bridgehead atoms. The van der Waals surface area contributed by atoms with Gasteiger partial charge in [-0.1, -0.05) is 0 Å². The maximum Gasteiger partial charge on any atom is 0.293 e. The van der Waals surface area contributed by atoms with Crippen LogP contribution >= 0.6 is 0 Å². The number of nitrogen functional groups attached to an aromatic ring is 1. The second kappa shape index (κ2) is 5.29. The van der Waals surface area contributed by atoms with Crippen LogP contribution in [0.5, 0.6) is 0 Å². The molecule has 0 aliphatic carbocycles. The van der Waals surface area contributed by atoms with E-state index in [0.29, 0.717) is 12.2 Å². The van der Waals surface area contributed by atoms with Crippen LogP contribution in [0, 0.1) is 0 Å². The summed E-state index contributed by atoms with van der Waals surface area (Å²) >= 11 is 0. The third-order valence-corrected chi connectivity index (χ3v) is 1.74. The fourth-order valence-corrected chi connectivity index (χ4v) is 1.00. The molecule has 0 amide bonds. The topological polar surface area (TPSA) is 93.9 Å². The van der Waals surface area contributed by atoms with Crippen molar-refractivity contribution < 1.29 is 9.53 Å². The number of benzene rings is 1. The van der Waals surface area contributed by atoms with Crippen molar-refractivity contribution in [3.05, 3.63) is 18.2 Å². The van der Waals surface area contributed by atoms with E-state index in [4.69, 9.17) is 5.73 Å². The lowest BCUT2D eigenvalue weighted by Crippen LogP contribution is -2.17. The minimum Gasteiger partial charge on any atom is -0.462 e. The normalized spacial score (nSPS) is 10.5. The quantitative estimate of drug-likeness (QED) is 0.578. The molecule has 1 aromatic heterocycles. The fraction of sp³-hybridized carbons (Fsp3) is 0.364. The van der Waals surface area contributed by atoms with E-state index in [1.165, 1.54) is 0 Å². The van der Waals surface area contributed by atoms with Gasteiger partial charge in [0.05, 0.1) is 0 Å². The van der Waals surface area contributed by atoms with Gasteiger partial charge < -0.3 is 10.5 Å². The van der Waals surface area contributed by atoms with Gasteiger partial charge in [-0.05, 0) is 39.0 Å². The molecule has 0 saturated heterocycles. The second-order valence-electron chi connectivity index (χ2n) is 4.40. The summed E-state index contributed by atoms with van der Waals surface area (Å²) in [6.45, 7) is 5.92. The third-order valence-electron chi connectivity index (χ3n) is 1.74. The van der Waals surface area contributed by atoms with E-state index in [2.05, 4.69) is 20.1 Å². The molecule has 0 unspecified atom stereocenters. The lowest BCUT2D eigenvalue weighted by Gasteiger charge is -2.14. The number of nitrogens with zero attached hydrogens (tertiary/aromatic N) is 2. The molecule has 0 saturated carbocycles. The molecule has 17 heavy (non-hydrogen) atoms. The highest BCUT2D eigenvalue weighted by Gasteiger charge is 2.07. The number of nitrogens with two attached hydrogens (primary N) is 1. The summed E-state index contributed by atoms with van der Waals surface area (Å²) in [5.74, 6) is 0. The van der Waals surface area contributed by atoms with Crippen LogP contribution in [0.4, 0.5) is 5.69 Å². The second-order valence-corrected chi connectivity index (χ2v) is 4.40. The number of H-pyrrole nitrogens is 1. The molecular formula is C11H16N4O2. The van der Waals surface area contributed by atoms with Crippen LogP contribution in [0.15, 0.2) is 18.2 Å². The van der Waals surface area contributed by atoms with Crippen molar-refractivity contribution in [2.75, 3.05) is 5.73 Å². The predicted octanol–water partition coefficient (Wildman–Crippen LogP) is 1.50. The Bertz CT molecular complexity index is 487. The number of rotatable bonds is 1. The SMILES string of the molecule is CC(C)(C)OC=O.Nc1ccc2n[nH]nc2c1. The molecule has 6 nitrogen and oxygen atoms in total. The molecular weight excluding hydrogens is 220 g/mol. The zero-order chi connectivity index (χ0) is 12.9. The zero-order valence-electron chi connectivity index (χ0n) is 10.1. The molecule has 0 spiro atoms. The average Bonchev–Trinajstić information content (AvgIpc) is 2.63. The summed E-state index contributed by atoms with van der Waals surface area (Å²) < 4.78 is 4.55. The van der Waals surface area contributed by atoms with E-state index < -0.39 is 0 Å². The third kappa shape index (κ3) is 4.50. The number of hydrogen-bond acceptors (Lipinski definition) is 5. The Hall–Kier alpha value is -2.11. The summed E-state index contributed by atoms with van der Waals surface area (Å²) in [4.78, 5) is 9.60. The van der Waals surface area contributed by atoms with Gasteiger partial charge in [-0.25, -0.2) is 0 Å². The van der Waals surface area contributed by atoms with E-state index in [-0.39, 0.29) is 5.60 Å². The first-order chi connectivity index (χ1) is 7.92. The molecule has 6 heteroatoms. The number of aromatic amines is 1. The molecule has 0 atom stereocenters. The van der Waals surface area contributed by atoms with Crippen LogP contribution in [-0.2, 0) is 9.53 Å². The van der Waals surface area contributed by atoms with Crippen LogP contribution in [0.2, 0.25) is 0 Å². The molecule has 1 aromatic carbocycles. The number of ether oxygens (including phenoxy) is 1. The largest absolute Gasteiger partial charge is 0.462 e. The van der Waals surface area contributed by atoms with Crippen molar-refractivity contribution in [2.45, 2.75) is 26.4 Å². The van der Waals surface area contributed by atoms with Gasteiger partial charge in [0.1, 0.15) is 16.6 Å². The van der Waals surface area contributed by atoms with Crippen molar-refractivity contribution in [3.63, 3.8) is 0 Å². The number of carbonyl (C=O) groups is 1. The highest BCUT2D eigenvalue weighted by molar-refractivity contribution is 5.77. The van der Waals surface area contributed by atoms with Gasteiger partial charge in [-0.2, -0.15) is 15.4 Å². The average molecular weight is 236 g/mol. The molecule has 2 rings (SSSR count). The first-order valence-corrected chi connectivity index (χ1v) is 5.10. The Morgan fingerprint density at radius 1 is 1.29 bits per heavy atom. The van der Waals surface area contributed by atoms with Gasteiger partial charge in [0.25, 0.3) is 6.47 Å². The highest BCUT2D eigenvalue weighted by Crippen LogP contribution is 2.10. The zero-order valence-corrected chi connectivity index (χ0v) is 10.1. The van der Waals surface area contributed by atoms with E-state index >= 15 is 0 Å². The number of anilines is 1. The van der Waals surface area contributed by atoms with Crippen LogP contribution in [0.3, 0.4) is 0 Å². The van der Waals surface area contributed by atoms with Crippen LogP contribution < -0.4 is 5.73 Å². The van der Waals surface area contributed by atoms with Gasteiger partial charge in [0, 0.05) is 5.69 Å². The Balaban J connectivity index is 0.000000185. The number of aromatic nitrogens is 3. The molecule has 0 aliphatic heterocycles. The first kappa shape index (κ1) is 13.0. The summed E-state index contributed by atoms with van der Waals surface area (Å²) in [6, 6.07) is 5.40. The summed E-state index contributed by atoms with van der Waals surface area (Å²) in [6.07, 6.45) is 0. The van der Waals surface area contributed by atoms with Crippen LogP contribution in [0.1, 0.15) is 20.8 Å². The Morgan fingerprint density at radius 2 is 1.94 bits per heavy atom. The van der Waals surface area contributed by atoms with Crippen molar-refractivity contribution >= 4 is 23.2 Å². The van der Waals surface area contributed by atoms with Gasteiger partial charge in [0.2, 0.25) is 0 Å². The van der Waals surface area contributed by atoms with Crippen LogP contribution in [-0.4, -0.2) is 27.5 Å². The van der Waals surface area contributed by atoms with Crippen molar-refractivity contribution in [3.8, 4) is 0 Å². The molecule has 0 aliphatic rings. The van der Waals surface area contributed by atoms with Crippen LogP contribution in [0.25, 0.3) is 11.0 Å². The monoisotopic (exact) mass is 236 g/mol. The Labute approximate surface area is 99.1 Å². The van der Waals surface area contributed by atoms with Gasteiger partial charge in [-0.15, -0.1) is 0 Å². The number of fused-ring (bicyclic) bond motifs is 1. The smallest absolute Gasteiger partial charge is 0.293 e. The van der Waals surface area contributed by atoms with Crippen molar-refractivity contribution in [2.24, 2.45) is 0 Å².